The zero-order chi connectivity index (χ0) is 12.6. The Hall–Kier alpha value is -0.360. The number of rotatable bonds is 7. The van der Waals surface area contributed by atoms with Gasteiger partial charge in [0.25, 0.3) is 5.91 Å². The van der Waals surface area contributed by atoms with Crippen molar-refractivity contribution in [2.24, 2.45) is 0 Å². The molecule has 1 rings (SSSR count). The lowest BCUT2D eigenvalue weighted by Gasteiger charge is -2.34. The van der Waals surface area contributed by atoms with E-state index in [0.717, 1.165) is 39.0 Å². The van der Waals surface area contributed by atoms with Gasteiger partial charge < -0.3 is 20.1 Å². The molecule has 5 nitrogen and oxygen atoms in total. The van der Waals surface area contributed by atoms with Crippen molar-refractivity contribution in [1.29, 1.82) is 0 Å². The first-order valence-corrected chi connectivity index (χ1v) is 6.37. The fourth-order valence-corrected chi connectivity index (χ4v) is 2.04. The average Bonchev–Trinajstić information content (AvgIpc) is 2.39. The van der Waals surface area contributed by atoms with Crippen LogP contribution in [0.2, 0.25) is 0 Å². The van der Waals surface area contributed by atoms with Crippen LogP contribution in [0.1, 0.15) is 26.2 Å². The van der Waals surface area contributed by atoms with Crippen molar-refractivity contribution in [1.82, 2.24) is 10.6 Å². The van der Waals surface area contributed by atoms with Gasteiger partial charge in [0.05, 0.1) is 0 Å². The van der Waals surface area contributed by atoms with Crippen LogP contribution in [0.5, 0.6) is 0 Å². The van der Waals surface area contributed by atoms with Gasteiger partial charge in [0, 0.05) is 26.9 Å². The van der Waals surface area contributed by atoms with Crippen LogP contribution in [-0.4, -0.2) is 51.5 Å². The number of hydrogen-bond donors (Lipinski definition) is 2. The normalized spacial score (nSPS) is 17.9. The highest BCUT2D eigenvalue weighted by molar-refractivity contribution is 5.85. The van der Waals surface area contributed by atoms with Gasteiger partial charge >= 0.3 is 0 Å². The number of carbonyl (C=O) groups is 1. The van der Waals surface area contributed by atoms with E-state index < -0.39 is 5.60 Å². The molecule has 0 saturated carbocycles. The molecule has 1 aliphatic heterocycles. The van der Waals surface area contributed by atoms with E-state index >= 15 is 0 Å². The molecule has 18 heavy (non-hydrogen) atoms. The molecule has 0 atom stereocenters. The summed E-state index contributed by atoms with van der Waals surface area (Å²) in [6.45, 7) is 5.70. The highest BCUT2D eigenvalue weighted by Crippen LogP contribution is 2.22. The van der Waals surface area contributed by atoms with Crippen molar-refractivity contribution in [3.05, 3.63) is 0 Å². The predicted octanol–water partition coefficient (Wildman–Crippen LogP) is 0.720. The van der Waals surface area contributed by atoms with Crippen LogP contribution in [0, 0.1) is 0 Å². The third-order valence-electron chi connectivity index (χ3n) is 3.17. The van der Waals surface area contributed by atoms with E-state index in [1.165, 1.54) is 0 Å². The minimum atomic E-state index is -0.628. The summed E-state index contributed by atoms with van der Waals surface area (Å²) in [6, 6.07) is 0. The lowest BCUT2D eigenvalue weighted by molar-refractivity contribution is -0.146. The van der Waals surface area contributed by atoms with E-state index in [4.69, 9.17) is 9.47 Å². The number of piperidine rings is 1. The number of nitrogens with one attached hydrogen (secondary N) is 2. The van der Waals surface area contributed by atoms with Gasteiger partial charge in [-0.3, -0.25) is 4.79 Å². The van der Waals surface area contributed by atoms with Crippen LogP contribution in [0.15, 0.2) is 0 Å². The minimum absolute atomic E-state index is 0. The van der Waals surface area contributed by atoms with Crippen LogP contribution in [-0.2, 0) is 14.3 Å². The Bertz CT molecular complexity index is 233. The number of hydrogen-bond acceptors (Lipinski definition) is 4. The Morgan fingerprint density at radius 2 is 2.06 bits per heavy atom. The highest BCUT2D eigenvalue weighted by Gasteiger charge is 2.39. The maximum absolute atomic E-state index is 12.1. The monoisotopic (exact) mass is 280 g/mol. The van der Waals surface area contributed by atoms with Gasteiger partial charge in [0.1, 0.15) is 5.60 Å². The van der Waals surface area contributed by atoms with Crippen molar-refractivity contribution in [3.8, 4) is 0 Å². The molecule has 1 saturated heterocycles. The first-order chi connectivity index (χ1) is 8.25. The molecule has 1 amide bonds. The van der Waals surface area contributed by atoms with Crippen LogP contribution in [0.3, 0.4) is 0 Å². The predicted molar refractivity (Wildman–Crippen MR) is 73.2 cm³/mol. The number of ether oxygens (including phenoxy) is 2. The third-order valence-corrected chi connectivity index (χ3v) is 3.17. The maximum atomic E-state index is 12.1. The summed E-state index contributed by atoms with van der Waals surface area (Å²) in [5.41, 5.74) is -0.628. The molecule has 2 N–H and O–H groups in total. The fraction of sp³-hybridized carbons (Fsp3) is 0.917. The van der Waals surface area contributed by atoms with Gasteiger partial charge in [-0.15, -0.1) is 12.4 Å². The average molecular weight is 281 g/mol. The summed E-state index contributed by atoms with van der Waals surface area (Å²) in [7, 11) is 1.62. The lowest BCUT2D eigenvalue weighted by atomic mass is 9.91. The molecule has 0 aromatic heterocycles. The molecular formula is C12H25ClN2O3. The molecule has 0 spiro atoms. The smallest absolute Gasteiger partial charge is 0.252 e. The second-order valence-corrected chi connectivity index (χ2v) is 4.25. The SMILES string of the molecule is CCOCCCNC(=O)C1(OC)CCNCC1.Cl. The standard InChI is InChI=1S/C12H24N2O3.ClH/c1-3-17-10-4-7-14-11(15)12(16-2)5-8-13-9-6-12;/h13H,3-10H2,1-2H3,(H,14,15);1H. The van der Waals surface area contributed by atoms with Gasteiger partial charge in [-0.2, -0.15) is 0 Å². The summed E-state index contributed by atoms with van der Waals surface area (Å²) in [5.74, 6) is 0.0120. The van der Waals surface area contributed by atoms with Crippen molar-refractivity contribution in [3.63, 3.8) is 0 Å². The number of methoxy groups -OCH3 is 1. The van der Waals surface area contributed by atoms with Gasteiger partial charge in [-0.25, -0.2) is 0 Å². The Morgan fingerprint density at radius 3 is 2.61 bits per heavy atom. The first-order valence-electron chi connectivity index (χ1n) is 6.37. The molecule has 108 valence electrons. The van der Waals surface area contributed by atoms with Crippen molar-refractivity contribution in [2.45, 2.75) is 31.8 Å². The first kappa shape index (κ1) is 17.6. The molecule has 1 aliphatic rings. The molecule has 0 radical (unpaired) electrons. The van der Waals surface area contributed by atoms with Crippen LogP contribution < -0.4 is 10.6 Å². The fourth-order valence-electron chi connectivity index (χ4n) is 2.04. The number of carbonyl (C=O) groups excluding carboxylic acids is 1. The molecule has 0 bridgehead atoms. The second-order valence-electron chi connectivity index (χ2n) is 4.25. The number of halogens is 1. The van der Waals surface area contributed by atoms with Crippen LogP contribution >= 0.6 is 12.4 Å². The topological polar surface area (TPSA) is 59.6 Å². The lowest BCUT2D eigenvalue weighted by Crippen LogP contribution is -2.54. The Labute approximate surface area is 115 Å². The molecule has 0 unspecified atom stereocenters. The van der Waals surface area contributed by atoms with Gasteiger partial charge in [-0.05, 0) is 39.3 Å². The molecule has 0 aromatic carbocycles. The summed E-state index contributed by atoms with van der Waals surface area (Å²) < 4.78 is 10.7. The van der Waals surface area contributed by atoms with Gasteiger partial charge in [-0.1, -0.05) is 0 Å². The summed E-state index contributed by atoms with van der Waals surface area (Å²) in [6.07, 6.45) is 2.32. The van der Waals surface area contributed by atoms with E-state index in [1.54, 1.807) is 7.11 Å². The van der Waals surface area contributed by atoms with E-state index in [9.17, 15) is 4.79 Å². The zero-order valence-electron chi connectivity index (χ0n) is 11.3. The second kappa shape index (κ2) is 9.55. The highest BCUT2D eigenvalue weighted by atomic mass is 35.5. The quantitative estimate of drug-likeness (QED) is 0.675. The van der Waals surface area contributed by atoms with E-state index in [1.807, 2.05) is 6.92 Å². The van der Waals surface area contributed by atoms with Crippen LogP contribution in [0.4, 0.5) is 0 Å². The zero-order valence-corrected chi connectivity index (χ0v) is 12.1. The van der Waals surface area contributed by atoms with E-state index in [2.05, 4.69) is 10.6 Å². The minimum Gasteiger partial charge on any atom is -0.382 e. The molecule has 0 aromatic rings. The van der Waals surface area contributed by atoms with Crippen molar-refractivity contribution in [2.75, 3.05) is 40.0 Å². The Kier molecular flexibility index (Phi) is 9.36. The summed E-state index contributed by atoms with van der Waals surface area (Å²) >= 11 is 0. The van der Waals surface area contributed by atoms with Gasteiger partial charge in [0.15, 0.2) is 0 Å². The van der Waals surface area contributed by atoms with Crippen molar-refractivity contribution < 1.29 is 14.3 Å². The molecule has 1 fully saturated rings. The third kappa shape index (κ3) is 5.10. The molecular weight excluding hydrogens is 256 g/mol. The van der Waals surface area contributed by atoms with E-state index in [0.29, 0.717) is 13.2 Å². The molecule has 6 heteroatoms. The van der Waals surface area contributed by atoms with Crippen LogP contribution in [0.25, 0.3) is 0 Å². The van der Waals surface area contributed by atoms with Gasteiger partial charge in [0.2, 0.25) is 0 Å². The maximum Gasteiger partial charge on any atom is 0.252 e. The Morgan fingerprint density at radius 1 is 1.39 bits per heavy atom. The Balaban J connectivity index is 0.00000289. The van der Waals surface area contributed by atoms with E-state index in [-0.39, 0.29) is 18.3 Å². The number of amides is 1. The summed E-state index contributed by atoms with van der Waals surface area (Å²) in [4.78, 5) is 12.1. The molecule has 0 aliphatic carbocycles. The summed E-state index contributed by atoms with van der Waals surface area (Å²) in [5, 5.41) is 6.16. The van der Waals surface area contributed by atoms with Crippen molar-refractivity contribution >= 4 is 18.3 Å². The largest absolute Gasteiger partial charge is 0.382 e. The molecule has 1 heterocycles.